The van der Waals surface area contributed by atoms with Crippen molar-refractivity contribution in [1.82, 2.24) is 0 Å². The van der Waals surface area contributed by atoms with Crippen molar-refractivity contribution in [3.05, 3.63) is 35.4 Å². The summed E-state index contributed by atoms with van der Waals surface area (Å²) in [5.41, 5.74) is 0. The van der Waals surface area contributed by atoms with Gasteiger partial charge in [-0.05, 0) is 25.7 Å². The molecule has 0 saturated heterocycles. The van der Waals surface area contributed by atoms with Crippen molar-refractivity contribution in [2.24, 2.45) is 11.8 Å². The van der Waals surface area contributed by atoms with Crippen molar-refractivity contribution in [3.8, 4) is 11.5 Å². The molecule has 0 fully saturated rings. The Hall–Kier alpha value is -2.07. The molecule has 0 spiro atoms. The van der Waals surface area contributed by atoms with E-state index in [4.69, 9.17) is 21.1 Å². The van der Waals surface area contributed by atoms with Crippen molar-refractivity contribution in [3.63, 3.8) is 0 Å². The summed E-state index contributed by atoms with van der Waals surface area (Å²) in [5.74, 6) is -0.0747. The highest BCUT2D eigenvalue weighted by molar-refractivity contribution is 6.34. The number of carbonyl (C=O) groups excluding carboxylic acids is 2. The van der Waals surface area contributed by atoms with Crippen LogP contribution in [0.1, 0.15) is 79.1 Å². The summed E-state index contributed by atoms with van der Waals surface area (Å²) in [6.45, 7) is 8.20. The molecule has 2 rings (SSSR count). The van der Waals surface area contributed by atoms with E-state index in [1.165, 1.54) is 0 Å². The van der Waals surface area contributed by atoms with Gasteiger partial charge in [-0.1, -0.05) is 89.2 Å². The lowest BCUT2D eigenvalue weighted by Gasteiger charge is -2.18. The summed E-state index contributed by atoms with van der Waals surface area (Å²) in [6, 6.07) is 9.00. The molecule has 0 aliphatic carbocycles. The van der Waals surface area contributed by atoms with Crippen LogP contribution >= 0.6 is 11.6 Å². The van der Waals surface area contributed by atoms with Crippen molar-refractivity contribution in [2.75, 3.05) is 0 Å². The molecule has 31 heavy (non-hydrogen) atoms. The second-order valence-electron chi connectivity index (χ2n) is 8.07. The highest BCUT2D eigenvalue weighted by Crippen LogP contribution is 2.40. The zero-order valence-electron chi connectivity index (χ0n) is 19.2. The predicted molar refractivity (Wildman–Crippen MR) is 127 cm³/mol. The zero-order chi connectivity index (χ0) is 22.8. The van der Waals surface area contributed by atoms with Crippen LogP contribution in [0.15, 0.2) is 30.3 Å². The first-order valence-electron chi connectivity index (χ1n) is 11.6. The maximum atomic E-state index is 12.8. The van der Waals surface area contributed by atoms with Gasteiger partial charge in [0, 0.05) is 16.8 Å². The predicted octanol–water partition coefficient (Wildman–Crippen LogP) is 7.74. The van der Waals surface area contributed by atoms with E-state index in [-0.39, 0.29) is 28.8 Å². The van der Waals surface area contributed by atoms with E-state index in [1.807, 2.05) is 38.1 Å². The Kier molecular flexibility index (Phi) is 10.3. The number of esters is 2. The van der Waals surface area contributed by atoms with Gasteiger partial charge in [-0.25, -0.2) is 0 Å². The van der Waals surface area contributed by atoms with Crippen LogP contribution in [0.2, 0.25) is 5.02 Å². The maximum Gasteiger partial charge on any atom is 0.314 e. The van der Waals surface area contributed by atoms with Crippen LogP contribution in [-0.2, 0) is 9.59 Å². The lowest BCUT2D eigenvalue weighted by molar-refractivity contribution is -0.140. The van der Waals surface area contributed by atoms with E-state index in [2.05, 4.69) is 13.8 Å². The van der Waals surface area contributed by atoms with Crippen molar-refractivity contribution >= 4 is 34.3 Å². The topological polar surface area (TPSA) is 52.6 Å². The van der Waals surface area contributed by atoms with Gasteiger partial charge in [-0.2, -0.15) is 0 Å². The third kappa shape index (κ3) is 6.70. The molecular weight excluding hydrogens is 412 g/mol. The Morgan fingerprint density at radius 1 is 0.839 bits per heavy atom. The van der Waals surface area contributed by atoms with Gasteiger partial charge in [0.05, 0.1) is 16.9 Å². The van der Waals surface area contributed by atoms with Crippen LogP contribution in [0, 0.1) is 11.8 Å². The molecule has 2 unspecified atom stereocenters. The fourth-order valence-corrected chi connectivity index (χ4v) is 3.96. The second kappa shape index (κ2) is 12.7. The Labute approximate surface area is 191 Å². The first-order valence-corrected chi connectivity index (χ1v) is 12.0. The van der Waals surface area contributed by atoms with E-state index < -0.39 is 0 Å². The molecule has 0 bridgehead atoms. The number of hydrogen-bond acceptors (Lipinski definition) is 4. The minimum Gasteiger partial charge on any atom is -0.426 e. The van der Waals surface area contributed by atoms with Gasteiger partial charge < -0.3 is 9.47 Å². The van der Waals surface area contributed by atoms with Crippen molar-refractivity contribution in [2.45, 2.75) is 79.1 Å². The molecule has 0 radical (unpaired) electrons. The largest absolute Gasteiger partial charge is 0.426 e. The number of rotatable bonds is 12. The average molecular weight is 447 g/mol. The third-order valence-corrected chi connectivity index (χ3v) is 6.07. The monoisotopic (exact) mass is 446 g/mol. The zero-order valence-corrected chi connectivity index (χ0v) is 20.0. The minimum absolute atomic E-state index is 0.140. The molecule has 0 aliphatic heterocycles. The Bertz CT molecular complexity index is 877. The standard InChI is InChI=1S/C26H35ClO4/c1-5-9-13-18(7-3)25(28)30-23-17-22(27)24(21-16-12-11-15-20(21)23)31-26(29)19(8-4)14-10-6-2/h11-12,15-19H,5-10,13-14H2,1-4H3. The first-order chi connectivity index (χ1) is 15.0. The Morgan fingerprint density at radius 2 is 1.35 bits per heavy atom. The summed E-state index contributed by atoms with van der Waals surface area (Å²) in [5, 5.41) is 1.63. The van der Waals surface area contributed by atoms with Gasteiger partial charge in [-0.15, -0.1) is 0 Å². The quantitative estimate of drug-likeness (QED) is 0.247. The van der Waals surface area contributed by atoms with Gasteiger partial charge in [0.15, 0.2) is 5.75 Å². The van der Waals surface area contributed by atoms with Gasteiger partial charge >= 0.3 is 11.9 Å². The maximum absolute atomic E-state index is 12.8. The molecule has 0 N–H and O–H groups in total. The van der Waals surface area contributed by atoms with Gasteiger partial charge in [0.2, 0.25) is 0 Å². The molecular formula is C26H35ClO4. The summed E-state index contributed by atoms with van der Waals surface area (Å²) in [4.78, 5) is 25.5. The Balaban J connectivity index is 2.33. The lowest BCUT2D eigenvalue weighted by atomic mass is 9.99. The number of fused-ring (bicyclic) bond motifs is 1. The highest BCUT2D eigenvalue weighted by Gasteiger charge is 2.24. The number of benzene rings is 2. The van der Waals surface area contributed by atoms with E-state index in [0.29, 0.717) is 22.3 Å². The van der Waals surface area contributed by atoms with Crippen LogP contribution in [0.5, 0.6) is 11.5 Å². The summed E-state index contributed by atoms with van der Waals surface area (Å²) >= 11 is 6.52. The molecule has 5 heteroatoms. The number of unbranched alkanes of at least 4 members (excludes halogenated alkanes) is 2. The molecule has 0 heterocycles. The normalized spacial score (nSPS) is 13.1. The summed E-state index contributed by atoms with van der Waals surface area (Å²) < 4.78 is 11.6. The Morgan fingerprint density at radius 3 is 1.87 bits per heavy atom. The molecule has 0 aliphatic rings. The first kappa shape index (κ1) is 25.2. The summed E-state index contributed by atoms with van der Waals surface area (Å²) in [7, 11) is 0. The smallest absolute Gasteiger partial charge is 0.314 e. The van der Waals surface area contributed by atoms with Crippen LogP contribution < -0.4 is 9.47 Å². The van der Waals surface area contributed by atoms with Crippen LogP contribution in [0.3, 0.4) is 0 Å². The summed E-state index contributed by atoms with van der Waals surface area (Å²) in [6.07, 6.45) is 7.10. The van der Waals surface area contributed by atoms with Crippen LogP contribution in [-0.4, -0.2) is 11.9 Å². The molecule has 0 amide bonds. The van der Waals surface area contributed by atoms with Gasteiger partial charge in [0.25, 0.3) is 0 Å². The lowest BCUT2D eigenvalue weighted by Crippen LogP contribution is -2.21. The van der Waals surface area contributed by atoms with Gasteiger partial charge in [-0.3, -0.25) is 9.59 Å². The second-order valence-corrected chi connectivity index (χ2v) is 8.48. The molecule has 2 atom stereocenters. The fraction of sp³-hybridized carbons (Fsp3) is 0.538. The van der Waals surface area contributed by atoms with Crippen molar-refractivity contribution < 1.29 is 19.1 Å². The number of ether oxygens (including phenoxy) is 2. The van der Waals surface area contributed by atoms with E-state index in [9.17, 15) is 9.59 Å². The van der Waals surface area contributed by atoms with Crippen LogP contribution in [0.25, 0.3) is 10.8 Å². The number of halogens is 1. The average Bonchev–Trinajstić information content (AvgIpc) is 2.77. The SMILES string of the molecule is CCCCC(CC)C(=O)Oc1cc(Cl)c(OC(=O)C(CC)CCCC)c2ccccc12. The van der Waals surface area contributed by atoms with E-state index in [0.717, 1.165) is 51.4 Å². The molecule has 170 valence electrons. The van der Waals surface area contributed by atoms with Crippen molar-refractivity contribution in [1.29, 1.82) is 0 Å². The molecule has 4 nitrogen and oxygen atoms in total. The van der Waals surface area contributed by atoms with E-state index >= 15 is 0 Å². The highest BCUT2D eigenvalue weighted by atomic mass is 35.5. The van der Waals surface area contributed by atoms with Gasteiger partial charge in [0.1, 0.15) is 5.75 Å². The van der Waals surface area contributed by atoms with E-state index in [1.54, 1.807) is 6.07 Å². The third-order valence-electron chi connectivity index (χ3n) is 5.79. The number of hydrogen-bond donors (Lipinski definition) is 0. The molecule has 0 saturated carbocycles. The van der Waals surface area contributed by atoms with Crippen LogP contribution in [0.4, 0.5) is 0 Å². The molecule has 0 aromatic heterocycles. The number of carbonyl (C=O) groups is 2. The fourth-order valence-electron chi connectivity index (χ4n) is 3.73. The minimum atomic E-state index is -0.265. The molecule has 2 aromatic carbocycles. The molecule has 2 aromatic rings.